The molecular formula is C14H10BrCl2N3O. The number of benzene rings is 1. The van der Waals surface area contributed by atoms with E-state index in [0.717, 1.165) is 5.56 Å². The van der Waals surface area contributed by atoms with E-state index in [0.29, 0.717) is 37.4 Å². The second kappa shape index (κ2) is 5.40. The molecule has 0 saturated heterocycles. The van der Waals surface area contributed by atoms with Gasteiger partial charge in [-0.25, -0.2) is 0 Å². The lowest BCUT2D eigenvalue weighted by atomic mass is 10.0. The average Bonchev–Trinajstić information content (AvgIpc) is 2.96. The maximum Gasteiger partial charge on any atom is 0.178 e. The minimum atomic E-state index is 0.480. The molecule has 2 N–H and O–H groups in total. The topological polar surface area (TPSA) is 57.0 Å². The molecule has 0 amide bonds. The molecule has 1 aromatic carbocycles. The second-order valence-electron chi connectivity index (χ2n) is 4.44. The number of nitrogens with zero attached hydrogens (tertiary/aromatic N) is 2. The molecule has 0 atom stereocenters. The zero-order chi connectivity index (χ0) is 15.1. The van der Waals surface area contributed by atoms with E-state index in [1.807, 2.05) is 0 Å². The molecule has 0 aliphatic carbocycles. The van der Waals surface area contributed by atoms with Crippen LogP contribution in [0.1, 0.15) is 0 Å². The zero-order valence-corrected chi connectivity index (χ0v) is 14.0. The van der Waals surface area contributed by atoms with Gasteiger partial charge in [-0.3, -0.25) is 4.68 Å². The Hall–Kier alpha value is -1.43. The first-order chi connectivity index (χ1) is 10.0. The summed E-state index contributed by atoms with van der Waals surface area (Å²) in [5, 5.41) is 5.49. The minimum absolute atomic E-state index is 0.480. The number of furan rings is 1. The van der Waals surface area contributed by atoms with Crippen molar-refractivity contribution in [3.8, 4) is 22.4 Å². The van der Waals surface area contributed by atoms with Crippen molar-refractivity contribution >= 4 is 44.9 Å². The fourth-order valence-corrected chi connectivity index (χ4v) is 3.19. The predicted molar refractivity (Wildman–Crippen MR) is 88.5 cm³/mol. The molecule has 108 valence electrons. The third-order valence-electron chi connectivity index (χ3n) is 3.18. The maximum absolute atomic E-state index is 6.31. The highest BCUT2D eigenvalue weighted by Gasteiger charge is 2.23. The van der Waals surface area contributed by atoms with E-state index in [2.05, 4.69) is 21.0 Å². The Kier molecular flexibility index (Phi) is 3.73. The lowest BCUT2D eigenvalue weighted by Gasteiger charge is -2.08. The Morgan fingerprint density at radius 3 is 2.43 bits per heavy atom. The Bertz CT molecular complexity index is 805. The van der Waals surface area contributed by atoms with Crippen LogP contribution in [-0.2, 0) is 7.05 Å². The first kappa shape index (κ1) is 14.5. The van der Waals surface area contributed by atoms with Crippen LogP contribution in [0.5, 0.6) is 0 Å². The number of aromatic nitrogens is 2. The lowest BCUT2D eigenvalue weighted by Crippen LogP contribution is -1.98. The molecule has 0 saturated carbocycles. The Balaban J connectivity index is 2.36. The fraction of sp³-hybridized carbons (Fsp3) is 0.0714. The number of hydrogen-bond acceptors (Lipinski definition) is 3. The molecular weight excluding hydrogens is 377 g/mol. The first-order valence-corrected chi connectivity index (χ1v) is 7.55. The molecule has 7 heteroatoms. The molecule has 2 aromatic heterocycles. The highest BCUT2D eigenvalue weighted by molar-refractivity contribution is 9.10. The predicted octanol–water partition coefficient (Wildman–Crippen LogP) is 5.00. The van der Waals surface area contributed by atoms with Crippen LogP contribution in [0.3, 0.4) is 0 Å². The van der Waals surface area contributed by atoms with Gasteiger partial charge in [-0.05, 0) is 34.1 Å². The van der Waals surface area contributed by atoms with Crippen molar-refractivity contribution in [3.05, 3.63) is 45.2 Å². The normalized spacial score (nSPS) is 11.0. The van der Waals surface area contributed by atoms with E-state index in [4.69, 9.17) is 33.4 Å². The fourth-order valence-electron chi connectivity index (χ4n) is 2.17. The molecule has 2 heterocycles. The van der Waals surface area contributed by atoms with Gasteiger partial charge in [0, 0.05) is 12.6 Å². The van der Waals surface area contributed by atoms with E-state index in [1.54, 1.807) is 42.3 Å². The molecule has 3 rings (SSSR count). The molecule has 0 bridgehead atoms. The molecule has 0 aliphatic heterocycles. The van der Waals surface area contributed by atoms with E-state index in [9.17, 15) is 0 Å². The van der Waals surface area contributed by atoms with Crippen LogP contribution in [0.15, 0.2) is 39.6 Å². The summed E-state index contributed by atoms with van der Waals surface area (Å²) in [6.45, 7) is 0. The first-order valence-electron chi connectivity index (χ1n) is 6.01. The average molecular weight is 387 g/mol. The van der Waals surface area contributed by atoms with Crippen LogP contribution in [0.4, 0.5) is 5.82 Å². The van der Waals surface area contributed by atoms with Gasteiger partial charge in [0.05, 0.1) is 27.4 Å². The standard InChI is InChI=1S/C14H10BrCl2N3O/c1-20-14(18)11(10-8(16)3-2-4-9(10)17)12(19-20)7-5-6-21-13(7)15/h2-6H,18H2,1H3. The summed E-state index contributed by atoms with van der Waals surface area (Å²) >= 11 is 16.0. The Morgan fingerprint density at radius 2 is 1.86 bits per heavy atom. The van der Waals surface area contributed by atoms with Gasteiger partial charge in [-0.15, -0.1) is 0 Å². The van der Waals surface area contributed by atoms with Gasteiger partial charge < -0.3 is 10.2 Å². The van der Waals surface area contributed by atoms with Crippen molar-refractivity contribution in [1.29, 1.82) is 0 Å². The van der Waals surface area contributed by atoms with Crippen LogP contribution in [0.2, 0.25) is 10.0 Å². The Labute approximate surface area is 139 Å². The van der Waals surface area contributed by atoms with Gasteiger partial charge in [0.2, 0.25) is 0 Å². The van der Waals surface area contributed by atoms with E-state index < -0.39 is 0 Å². The molecule has 4 nitrogen and oxygen atoms in total. The minimum Gasteiger partial charge on any atom is -0.457 e. The van der Waals surface area contributed by atoms with Gasteiger partial charge in [-0.2, -0.15) is 5.10 Å². The van der Waals surface area contributed by atoms with Crippen molar-refractivity contribution in [2.45, 2.75) is 0 Å². The zero-order valence-electron chi connectivity index (χ0n) is 10.9. The van der Waals surface area contributed by atoms with Crippen LogP contribution < -0.4 is 5.73 Å². The van der Waals surface area contributed by atoms with Crippen molar-refractivity contribution in [3.63, 3.8) is 0 Å². The summed E-state index contributed by atoms with van der Waals surface area (Å²) in [6.07, 6.45) is 1.57. The molecule has 0 radical (unpaired) electrons. The number of aryl methyl sites for hydroxylation is 1. The van der Waals surface area contributed by atoms with Crippen LogP contribution in [-0.4, -0.2) is 9.78 Å². The Morgan fingerprint density at radius 1 is 1.19 bits per heavy atom. The molecule has 0 fully saturated rings. The number of halogens is 3. The summed E-state index contributed by atoms with van der Waals surface area (Å²) in [5.74, 6) is 0.480. The number of hydrogen-bond donors (Lipinski definition) is 1. The monoisotopic (exact) mass is 385 g/mol. The smallest absolute Gasteiger partial charge is 0.178 e. The third kappa shape index (κ3) is 2.35. The number of rotatable bonds is 2. The van der Waals surface area contributed by atoms with Gasteiger partial charge in [-0.1, -0.05) is 29.3 Å². The summed E-state index contributed by atoms with van der Waals surface area (Å²) in [6, 6.07) is 7.13. The number of nitrogen functional groups attached to an aromatic ring is 1. The summed E-state index contributed by atoms with van der Waals surface area (Å²) in [5.41, 5.74) is 8.96. The van der Waals surface area contributed by atoms with E-state index >= 15 is 0 Å². The van der Waals surface area contributed by atoms with Gasteiger partial charge in [0.1, 0.15) is 11.5 Å². The van der Waals surface area contributed by atoms with E-state index in [1.165, 1.54) is 0 Å². The van der Waals surface area contributed by atoms with Crippen LogP contribution in [0, 0.1) is 0 Å². The van der Waals surface area contributed by atoms with Gasteiger partial charge in [0.15, 0.2) is 4.67 Å². The molecule has 3 aromatic rings. The molecule has 21 heavy (non-hydrogen) atoms. The highest BCUT2D eigenvalue weighted by Crippen LogP contribution is 2.44. The van der Waals surface area contributed by atoms with Crippen molar-refractivity contribution in [1.82, 2.24) is 9.78 Å². The SMILES string of the molecule is Cn1nc(-c2ccoc2Br)c(-c2c(Cl)cccc2Cl)c1N. The second-order valence-corrected chi connectivity index (χ2v) is 5.97. The highest BCUT2D eigenvalue weighted by atomic mass is 79.9. The van der Waals surface area contributed by atoms with Gasteiger partial charge >= 0.3 is 0 Å². The lowest BCUT2D eigenvalue weighted by molar-refractivity contribution is 0.542. The molecule has 0 aliphatic rings. The third-order valence-corrected chi connectivity index (χ3v) is 4.42. The maximum atomic E-state index is 6.31. The summed E-state index contributed by atoms with van der Waals surface area (Å²) in [7, 11) is 1.76. The van der Waals surface area contributed by atoms with Crippen LogP contribution >= 0.6 is 39.1 Å². The quantitative estimate of drug-likeness (QED) is 0.674. The number of nitrogens with two attached hydrogens (primary N) is 1. The summed E-state index contributed by atoms with van der Waals surface area (Å²) in [4.78, 5) is 0. The van der Waals surface area contributed by atoms with Gasteiger partial charge in [0.25, 0.3) is 0 Å². The van der Waals surface area contributed by atoms with Crippen molar-refractivity contribution in [2.24, 2.45) is 7.05 Å². The largest absolute Gasteiger partial charge is 0.457 e. The molecule has 0 unspecified atom stereocenters. The number of anilines is 1. The molecule has 0 spiro atoms. The van der Waals surface area contributed by atoms with Crippen molar-refractivity contribution < 1.29 is 4.42 Å². The summed E-state index contributed by atoms with van der Waals surface area (Å²) < 4.78 is 7.44. The van der Waals surface area contributed by atoms with E-state index in [-0.39, 0.29) is 0 Å². The van der Waals surface area contributed by atoms with Crippen LogP contribution in [0.25, 0.3) is 22.4 Å². The van der Waals surface area contributed by atoms with Crippen molar-refractivity contribution in [2.75, 3.05) is 5.73 Å².